The van der Waals surface area contributed by atoms with Crippen molar-refractivity contribution in [2.75, 3.05) is 13.1 Å². The molecule has 4 heteroatoms. The Morgan fingerprint density at radius 3 is 2.54 bits per heavy atom. The van der Waals surface area contributed by atoms with E-state index in [0.29, 0.717) is 5.92 Å². The number of likely N-dealkylation sites (tertiary alicyclic amines) is 1. The van der Waals surface area contributed by atoms with Gasteiger partial charge in [0.05, 0.1) is 5.69 Å². The van der Waals surface area contributed by atoms with Gasteiger partial charge in [-0.2, -0.15) is 0 Å². The summed E-state index contributed by atoms with van der Waals surface area (Å²) in [5.41, 5.74) is 2.11. The maximum absolute atomic E-state index is 12.5. The molecule has 0 aromatic carbocycles. The van der Waals surface area contributed by atoms with Crippen molar-refractivity contribution in [2.45, 2.75) is 65.7 Å². The fourth-order valence-corrected chi connectivity index (χ4v) is 3.28. The topological polar surface area (TPSA) is 46.3 Å². The van der Waals surface area contributed by atoms with Crippen molar-refractivity contribution in [3.63, 3.8) is 0 Å². The summed E-state index contributed by atoms with van der Waals surface area (Å²) in [6.07, 6.45) is 5.49. The largest absolute Gasteiger partial charge is 0.449 e. The summed E-state index contributed by atoms with van der Waals surface area (Å²) in [5, 5.41) is 0. The van der Waals surface area contributed by atoms with E-state index in [1.807, 2.05) is 18.7 Å². The number of allylic oxidation sites excluding steroid dienone is 1. The first-order chi connectivity index (χ1) is 11.2. The summed E-state index contributed by atoms with van der Waals surface area (Å²) in [6, 6.07) is 0. The molecule has 0 aliphatic carbocycles. The van der Waals surface area contributed by atoms with Gasteiger partial charge in [-0.05, 0) is 32.1 Å². The van der Waals surface area contributed by atoms with Crippen LogP contribution in [0.15, 0.2) is 22.8 Å². The second-order valence-corrected chi connectivity index (χ2v) is 8.41. The number of oxazole rings is 1. The van der Waals surface area contributed by atoms with E-state index in [1.54, 1.807) is 6.26 Å². The lowest BCUT2D eigenvalue weighted by molar-refractivity contribution is -0.136. The highest BCUT2D eigenvalue weighted by molar-refractivity contribution is 5.78. The third-order valence-electron chi connectivity index (χ3n) is 4.79. The van der Waals surface area contributed by atoms with Gasteiger partial charge in [-0.1, -0.05) is 33.3 Å². The zero-order valence-electron chi connectivity index (χ0n) is 15.9. The third-order valence-corrected chi connectivity index (χ3v) is 4.79. The molecular weight excluding hydrogens is 300 g/mol. The van der Waals surface area contributed by atoms with Crippen LogP contribution >= 0.6 is 0 Å². The van der Waals surface area contributed by atoms with Gasteiger partial charge in [0.1, 0.15) is 6.26 Å². The molecule has 0 N–H and O–H groups in total. The third kappa shape index (κ3) is 4.96. The summed E-state index contributed by atoms with van der Waals surface area (Å²) in [5.74, 6) is 1.69. The molecule has 1 aliphatic heterocycles. The number of carbonyl (C=O) groups excluding carboxylic acids is 1. The molecular formula is C20H32N2O2. The van der Waals surface area contributed by atoms with Gasteiger partial charge in [0.25, 0.3) is 0 Å². The summed E-state index contributed by atoms with van der Waals surface area (Å²) < 4.78 is 5.65. The fraction of sp³-hybridized carbons (Fsp3) is 0.700. The van der Waals surface area contributed by atoms with Gasteiger partial charge in [-0.15, -0.1) is 6.58 Å². The molecule has 1 aliphatic rings. The first-order valence-electron chi connectivity index (χ1n) is 9.05. The standard InChI is InChI=1S/C20H32N2O2/c1-14(2)11-15(3)19(23)22-9-7-16(8-10-22)12-18-21-17(13-24-18)20(4,5)6/h13,15-16H,1,7-12H2,2-6H3/t15-/m0/s1. The van der Waals surface area contributed by atoms with E-state index in [1.165, 1.54) is 0 Å². The first kappa shape index (κ1) is 18.8. The van der Waals surface area contributed by atoms with E-state index in [-0.39, 0.29) is 17.2 Å². The average molecular weight is 332 g/mol. The minimum Gasteiger partial charge on any atom is -0.449 e. The molecule has 1 aromatic heterocycles. The second-order valence-electron chi connectivity index (χ2n) is 8.41. The van der Waals surface area contributed by atoms with Crippen LogP contribution in [0.5, 0.6) is 0 Å². The number of piperidine rings is 1. The molecule has 4 nitrogen and oxygen atoms in total. The molecule has 134 valence electrons. The van der Waals surface area contributed by atoms with Crippen molar-refractivity contribution >= 4 is 5.91 Å². The summed E-state index contributed by atoms with van der Waals surface area (Å²) in [4.78, 5) is 19.1. The molecule has 1 atom stereocenters. The van der Waals surface area contributed by atoms with Crippen LogP contribution in [0.3, 0.4) is 0 Å². The number of hydrogen-bond donors (Lipinski definition) is 0. The van der Waals surface area contributed by atoms with Crippen molar-refractivity contribution in [3.05, 3.63) is 30.0 Å². The van der Waals surface area contributed by atoms with Gasteiger partial charge >= 0.3 is 0 Å². The molecule has 1 amide bonds. The maximum Gasteiger partial charge on any atom is 0.225 e. The summed E-state index contributed by atoms with van der Waals surface area (Å²) in [7, 11) is 0. The monoisotopic (exact) mass is 332 g/mol. The summed E-state index contributed by atoms with van der Waals surface area (Å²) >= 11 is 0. The van der Waals surface area contributed by atoms with Crippen LogP contribution < -0.4 is 0 Å². The van der Waals surface area contributed by atoms with Gasteiger partial charge in [0.15, 0.2) is 5.89 Å². The van der Waals surface area contributed by atoms with Crippen LogP contribution in [0.4, 0.5) is 0 Å². The number of nitrogens with zero attached hydrogens (tertiary/aromatic N) is 2. The van der Waals surface area contributed by atoms with Crippen LogP contribution in [-0.4, -0.2) is 28.9 Å². The molecule has 24 heavy (non-hydrogen) atoms. The van der Waals surface area contributed by atoms with Crippen LogP contribution in [-0.2, 0) is 16.6 Å². The molecule has 0 saturated carbocycles. The lowest BCUT2D eigenvalue weighted by Crippen LogP contribution is -2.41. The normalized spacial score (nSPS) is 17.8. The van der Waals surface area contributed by atoms with Crippen molar-refractivity contribution in [1.82, 2.24) is 9.88 Å². The van der Waals surface area contributed by atoms with E-state index in [9.17, 15) is 4.79 Å². The van der Waals surface area contributed by atoms with Gasteiger partial charge in [0.2, 0.25) is 5.91 Å². The predicted octanol–water partition coefficient (Wildman–Crippen LogP) is 4.36. The Morgan fingerprint density at radius 1 is 1.42 bits per heavy atom. The molecule has 0 radical (unpaired) electrons. The lowest BCUT2D eigenvalue weighted by atomic mass is 9.91. The molecule has 1 aromatic rings. The highest BCUT2D eigenvalue weighted by Gasteiger charge is 2.27. The fourth-order valence-electron chi connectivity index (χ4n) is 3.28. The minimum absolute atomic E-state index is 0.0248. The SMILES string of the molecule is C=C(C)C[C@H](C)C(=O)N1CCC(Cc2nc(C(C)(C)C)co2)CC1. The van der Waals surface area contributed by atoms with Crippen molar-refractivity contribution < 1.29 is 9.21 Å². The van der Waals surface area contributed by atoms with Gasteiger partial charge in [0, 0.05) is 30.8 Å². The molecule has 1 saturated heterocycles. The molecule has 1 fully saturated rings. The molecule has 2 rings (SSSR count). The van der Waals surface area contributed by atoms with Gasteiger partial charge < -0.3 is 9.32 Å². The smallest absolute Gasteiger partial charge is 0.225 e. The first-order valence-corrected chi connectivity index (χ1v) is 9.05. The molecule has 0 unspecified atom stereocenters. The Bertz CT molecular complexity index is 575. The number of hydrogen-bond acceptors (Lipinski definition) is 3. The van der Waals surface area contributed by atoms with E-state index < -0.39 is 0 Å². The molecule has 2 heterocycles. The van der Waals surface area contributed by atoms with Crippen molar-refractivity contribution in [2.24, 2.45) is 11.8 Å². The number of carbonyl (C=O) groups is 1. The number of amides is 1. The molecule has 0 spiro atoms. The van der Waals surface area contributed by atoms with Gasteiger partial charge in [-0.25, -0.2) is 4.98 Å². The number of aromatic nitrogens is 1. The van der Waals surface area contributed by atoms with E-state index in [2.05, 4.69) is 32.3 Å². The summed E-state index contributed by atoms with van der Waals surface area (Å²) in [6.45, 7) is 16.0. The predicted molar refractivity (Wildman–Crippen MR) is 96.8 cm³/mol. The Morgan fingerprint density at radius 2 is 2.04 bits per heavy atom. The van der Waals surface area contributed by atoms with Crippen LogP contribution in [0.1, 0.15) is 65.5 Å². The van der Waals surface area contributed by atoms with Crippen molar-refractivity contribution in [3.8, 4) is 0 Å². The van der Waals surface area contributed by atoms with E-state index in [4.69, 9.17) is 4.42 Å². The zero-order valence-corrected chi connectivity index (χ0v) is 15.9. The minimum atomic E-state index is 0.0248. The second kappa shape index (κ2) is 7.54. The van der Waals surface area contributed by atoms with E-state index >= 15 is 0 Å². The van der Waals surface area contributed by atoms with Crippen LogP contribution in [0.25, 0.3) is 0 Å². The average Bonchev–Trinajstić information content (AvgIpc) is 2.95. The highest BCUT2D eigenvalue weighted by Crippen LogP contribution is 2.26. The van der Waals surface area contributed by atoms with Gasteiger partial charge in [-0.3, -0.25) is 4.79 Å². The Kier molecular flexibility index (Phi) is 5.89. The molecule has 0 bridgehead atoms. The maximum atomic E-state index is 12.5. The zero-order chi connectivity index (χ0) is 17.9. The Balaban J connectivity index is 1.83. The highest BCUT2D eigenvalue weighted by atomic mass is 16.3. The van der Waals surface area contributed by atoms with E-state index in [0.717, 1.165) is 55.9 Å². The Labute approximate surface area is 146 Å². The Hall–Kier alpha value is -1.58. The van der Waals surface area contributed by atoms with Crippen molar-refractivity contribution in [1.29, 1.82) is 0 Å². The number of rotatable bonds is 5. The quantitative estimate of drug-likeness (QED) is 0.753. The lowest BCUT2D eigenvalue weighted by Gasteiger charge is -2.33. The van der Waals surface area contributed by atoms with Crippen LogP contribution in [0, 0.1) is 11.8 Å². The van der Waals surface area contributed by atoms with Crippen LogP contribution in [0.2, 0.25) is 0 Å².